The Morgan fingerprint density at radius 2 is 2.06 bits per heavy atom. The maximum Gasteiger partial charge on any atom is 0.303 e. The van der Waals surface area contributed by atoms with Crippen LogP contribution in [0.4, 0.5) is 0 Å². The van der Waals surface area contributed by atoms with Crippen molar-refractivity contribution < 1.29 is 9.90 Å². The van der Waals surface area contributed by atoms with Gasteiger partial charge in [0, 0.05) is 25.0 Å². The van der Waals surface area contributed by atoms with Crippen molar-refractivity contribution in [3.05, 3.63) is 35.9 Å². The van der Waals surface area contributed by atoms with Crippen LogP contribution in [-0.4, -0.2) is 28.1 Å². The molecule has 1 aromatic carbocycles. The lowest BCUT2D eigenvalue weighted by Gasteiger charge is -2.31. The molecule has 1 heterocycles. The summed E-state index contributed by atoms with van der Waals surface area (Å²) in [7, 11) is 0. The van der Waals surface area contributed by atoms with Gasteiger partial charge in [-0.2, -0.15) is 0 Å². The first-order valence-electron chi connectivity index (χ1n) is 6.48. The smallest absolute Gasteiger partial charge is 0.303 e. The first-order valence-corrected chi connectivity index (χ1v) is 6.48. The van der Waals surface area contributed by atoms with Crippen LogP contribution in [0.5, 0.6) is 0 Å². The van der Waals surface area contributed by atoms with Gasteiger partial charge in [0.25, 0.3) is 0 Å². The lowest BCUT2D eigenvalue weighted by molar-refractivity contribution is -0.138. The molecule has 3 heteroatoms. The van der Waals surface area contributed by atoms with E-state index in [2.05, 4.69) is 30.9 Å². The molecule has 0 spiro atoms. The molecule has 1 aliphatic rings. The number of hydrogen-bond donors (Lipinski definition) is 1. The van der Waals surface area contributed by atoms with Crippen LogP contribution in [0.1, 0.15) is 32.3 Å². The number of nitrogens with zero attached hydrogens (tertiary/aromatic N) is 1. The SMILES string of the molecule is CC1(C)CC(CC(=O)O)CN1Cc1ccccc1. The minimum atomic E-state index is -0.683. The highest BCUT2D eigenvalue weighted by Gasteiger charge is 2.38. The minimum Gasteiger partial charge on any atom is -0.481 e. The second kappa shape index (κ2) is 5.11. The molecule has 1 unspecified atom stereocenters. The molecule has 1 aromatic rings. The second-order valence-corrected chi connectivity index (χ2v) is 5.85. The van der Waals surface area contributed by atoms with Crippen LogP contribution in [0, 0.1) is 5.92 Å². The molecular weight excluding hydrogens is 226 g/mol. The van der Waals surface area contributed by atoms with Crippen molar-refractivity contribution in [1.29, 1.82) is 0 Å². The van der Waals surface area contributed by atoms with Gasteiger partial charge in [-0.15, -0.1) is 0 Å². The van der Waals surface area contributed by atoms with E-state index in [1.165, 1.54) is 5.56 Å². The highest BCUT2D eigenvalue weighted by Crippen LogP contribution is 2.35. The summed E-state index contributed by atoms with van der Waals surface area (Å²) < 4.78 is 0. The van der Waals surface area contributed by atoms with E-state index >= 15 is 0 Å². The van der Waals surface area contributed by atoms with E-state index in [4.69, 9.17) is 5.11 Å². The third kappa shape index (κ3) is 3.10. The van der Waals surface area contributed by atoms with Crippen molar-refractivity contribution in [2.45, 2.75) is 38.8 Å². The summed E-state index contributed by atoms with van der Waals surface area (Å²) in [6.07, 6.45) is 1.25. The van der Waals surface area contributed by atoms with E-state index in [-0.39, 0.29) is 17.9 Å². The number of carboxylic acids is 1. The van der Waals surface area contributed by atoms with Crippen molar-refractivity contribution in [3.63, 3.8) is 0 Å². The zero-order valence-electron chi connectivity index (χ0n) is 11.1. The third-order valence-corrected chi connectivity index (χ3v) is 3.80. The summed E-state index contributed by atoms with van der Waals surface area (Å²) in [5.41, 5.74) is 1.39. The van der Waals surface area contributed by atoms with Gasteiger partial charge in [-0.1, -0.05) is 30.3 Å². The fraction of sp³-hybridized carbons (Fsp3) is 0.533. The van der Waals surface area contributed by atoms with Crippen molar-refractivity contribution in [3.8, 4) is 0 Å². The summed E-state index contributed by atoms with van der Waals surface area (Å²) in [6, 6.07) is 10.4. The Kier molecular flexibility index (Phi) is 3.71. The van der Waals surface area contributed by atoms with Gasteiger partial charge in [-0.25, -0.2) is 0 Å². The number of aliphatic carboxylic acids is 1. The second-order valence-electron chi connectivity index (χ2n) is 5.85. The highest BCUT2D eigenvalue weighted by molar-refractivity contribution is 5.67. The number of rotatable bonds is 4. The average Bonchev–Trinajstić information content (AvgIpc) is 2.53. The van der Waals surface area contributed by atoms with Crippen LogP contribution in [0.3, 0.4) is 0 Å². The summed E-state index contributed by atoms with van der Waals surface area (Å²) in [5.74, 6) is -0.404. The zero-order chi connectivity index (χ0) is 13.2. The quantitative estimate of drug-likeness (QED) is 0.889. The lowest BCUT2D eigenvalue weighted by Crippen LogP contribution is -2.37. The van der Waals surface area contributed by atoms with Crippen LogP contribution in [0.2, 0.25) is 0 Å². The number of carbonyl (C=O) groups is 1. The normalized spacial score (nSPS) is 23.1. The Labute approximate surface area is 108 Å². The van der Waals surface area contributed by atoms with Crippen LogP contribution < -0.4 is 0 Å². The minimum absolute atomic E-state index is 0.0932. The predicted octanol–water partition coefficient (Wildman–Crippen LogP) is 2.76. The molecule has 18 heavy (non-hydrogen) atoms. The molecule has 0 aliphatic carbocycles. The van der Waals surface area contributed by atoms with Crippen molar-refractivity contribution in [2.75, 3.05) is 6.54 Å². The number of carboxylic acid groups (broad SMARTS) is 1. The fourth-order valence-corrected chi connectivity index (χ4v) is 2.92. The monoisotopic (exact) mass is 247 g/mol. The van der Waals surface area contributed by atoms with Crippen molar-refractivity contribution in [1.82, 2.24) is 4.90 Å². The molecule has 2 rings (SSSR count). The van der Waals surface area contributed by atoms with Gasteiger partial charge >= 0.3 is 5.97 Å². The molecule has 0 bridgehead atoms. The van der Waals surface area contributed by atoms with Gasteiger partial charge in [0.2, 0.25) is 0 Å². The van der Waals surface area contributed by atoms with Crippen LogP contribution >= 0.6 is 0 Å². The summed E-state index contributed by atoms with van der Waals surface area (Å²) in [4.78, 5) is 13.2. The molecule has 0 saturated carbocycles. The molecule has 98 valence electrons. The molecular formula is C15H21NO2. The Balaban J connectivity index is 2.02. The van der Waals surface area contributed by atoms with E-state index < -0.39 is 5.97 Å². The van der Waals surface area contributed by atoms with Gasteiger partial charge in [0.15, 0.2) is 0 Å². The summed E-state index contributed by atoms with van der Waals surface area (Å²) in [6.45, 7) is 6.20. The number of likely N-dealkylation sites (tertiary alicyclic amines) is 1. The van der Waals surface area contributed by atoms with E-state index in [0.29, 0.717) is 0 Å². The van der Waals surface area contributed by atoms with E-state index in [9.17, 15) is 4.79 Å². The average molecular weight is 247 g/mol. The van der Waals surface area contributed by atoms with E-state index in [1.54, 1.807) is 0 Å². The van der Waals surface area contributed by atoms with Gasteiger partial charge in [0.05, 0.1) is 0 Å². The Morgan fingerprint density at radius 3 is 2.67 bits per heavy atom. The fourth-order valence-electron chi connectivity index (χ4n) is 2.92. The molecule has 0 radical (unpaired) electrons. The predicted molar refractivity (Wildman–Crippen MR) is 71.3 cm³/mol. The Bertz CT molecular complexity index is 414. The maximum atomic E-state index is 10.8. The maximum absolute atomic E-state index is 10.8. The first-order chi connectivity index (χ1) is 8.47. The molecule has 1 atom stereocenters. The molecule has 1 N–H and O–H groups in total. The van der Waals surface area contributed by atoms with Crippen LogP contribution in [-0.2, 0) is 11.3 Å². The lowest BCUT2D eigenvalue weighted by atomic mass is 9.94. The van der Waals surface area contributed by atoms with Crippen LogP contribution in [0.25, 0.3) is 0 Å². The zero-order valence-corrected chi connectivity index (χ0v) is 11.1. The number of benzene rings is 1. The molecule has 0 amide bonds. The van der Waals surface area contributed by atoms with Gasteiger partial charge in [0.1, 0.15) is 0 Å². The summed E-state index contributed by atoms with van der Waals surface area (Å²) >= 11 is 0. The Morgan fingerprint density at radius 1 is 1.39 bits per heavy atom. The van der Waals surface area contributed by atoms with Gasteiger partial charge in [-0.3, -0.25) is 9.69 Å². The van der Waals surface area contributed by atoms with E-state index in [1.807, 2.05) is 18.2 Å². The van der Waals surface area contributed by atoms with Crippen LogP contribution in [0.15, 0.2) is 30.3 Å². The van der Waals surface area contributed by atoms with Crippen molar-refractivity contribution in [2.24, 2.45) is 5.92 Å². The molecule has 1 aliphatic heterocycles. The van der Waals surface area contributed by atoms with Gasteiger partial charge in [-0.05, 0) is 31.7 Å². The topological polar surface area (TPSA) is 40.5 Å². The number of hydrogen-bond acceptors (Lipinski definition) is 2. The van der Waals surface area contributed by atoms with E-state index in [0.717, 1.165) is 19.5 Å². The van der Waals surface area contributed by atoms with Crippen molar-refractivity contribution >= 4 is 5.97 Å². The molecule has 3 nitrogen and oxygen atoms in total. The largest absolute Gasteiger partial charge is 0.481 e. The van der Waals surface area contributed by atoms with Gasteiger partial charge < -0.3 is 5.11 Å². The molecule has 1 fully saturated rings. The first kappa shape index (κ1) is 13.1. The highest BCUT2D eigenvalue weighted by atomic mass is 16.4. The summed E-state index contributed by atoms with van der Waals surface area (Å²) in [5, 5.41) is 8.90. The molecule has 0 aromatic heterocycles. The molecule has 1 saturated heterocycles. The third-order valence-electron chi connectivity index (χ3n) is 3.80. The standard InChI is InChI=1S/C15H21NO2/c1-15(2)9-13(8-14(17)18)11-16(15)10-12-6-4-3-5-7-12/h3-7,13H,8-11H2,1-2H3,(H,17,18). The Hall–Kier alpha value is -1.35.